The quantitative estimate of drug-likeness (QED) is 0.303. The van der Waals surface area contributed by atoms with Crippen molar-refractivity contribution in [2.75, 3.05) is 20.5 Å². The van der Waals surface area contributed by atoms with Crippen LogP contribution in [0, 0.1) is 5.82 Å². The molecule has 0 unspecified atom stereocenters. The van der Waals surface area contributed by atoms with E-state index in [4.69, 9.17) is 28.1 Å². The van der Waals surface area contributed by atoms with Gasteiger partial charge in [0.15, 0.2) is 22.8 Å². The molecule has 0 bridgehead atoms. The van der Waals surface area contributed by atoms with Crippen LogP contribution in [0.25, 0.3) is 21.7 Å². The number of ether oxygens (including phenoxy) is 5. The second kappa shape index (κ2) is 8.01. The van der Waals surface area contributed by atoms with Gasteiger partial charge in [-0.05, 0) is 12.1 Å². The van der Waals surface area contributed by atoms with Gasteiger partial charge in [-0.2, -0.15) is 0 Å². The first kappa shape index (κ1) is 21.7. The molecule has 3 aromatic rings. The molecular weight excluding hydrogens is 447 g/mol. The molecule has 1 fully saturated rings. The van der Waals surface area contributed by atoms with Crippen LogP contribution in [0.1, 0.15) is 0 Å². The number of methoxy groups -OCH3 is 1. The molecule has 2 aliphatic rings. The molecule has 0 spiro atoms. The van der Waals surface area contributed by atoms with Crippen LogP contribution in [0.15, 0.2) is 27.4 Å². The third-order valence-corrected chi connectivity index (χ3v) is 5.65. The Morgan fingerprint density at radius 2 is 1.76 bits per heavy atom. The Morgan fingerprint density at radius 3 is 2.42 bits per heavy atom. The number of hydrogen-bond donors (Lipinski definition) is 4. The second-order valence-electron chi connectivity index (χ2n) is 7.55. The highest BCUT2D eigenvalue weighted by molar-refractivity contribution is 6.08. The van der Waals surface area contributed by atoms with E-state index >= 15 is 4.39 Å². The van der Waals surface area contributed by atoms with Crippen LogP contribution in [0.5, 0.6) is 23.0 Å². The van der Waals surface area contributed by atoms with Gasteiger partial charge in [-0.25, -0.2) is 9.18 Å². The smallest absolute Gasteiger partial charge is 0.344 e. The molecule has 3 heterocycles. The maximum Gasteiger partial charge on any atom is 0.344 e. The molecule has 2 aromatic carbocycles. The monoisotopic (exact) mass is 466 g/mol. The van der Waals surface area contributed by atoms with Crippen LogP contribution in [0.2, 0.25) is 0 Å². The molecule has 0 saturated carbocycles. The SMILES string of the molecule is COc1c(O[C@@H]2O[C@H](CO)[C@@H](O)[C@H](O)[C@H]2O)cc(F)c2c1oc(=O)c1cc3c(cc12)OCO3. The van der Waals surface area contributed by atoms with Crippen molar-refractivity contribution in [3.05, 3.63) is 34.4 Å². The summed E-state index contributed by atoms with van der Waals surface area (Å²) in [5.41, 5.74) is -1.06. The maximum absolute atomic E-state index is 15.3. The minimum Gasteiger partial charge on any atom is -0.490 e. The summed E-state index contributed by atoms with van der Waals surface area (Å²) in [6, 6.07) is 3.79. The van der Waals surface area contributed by atoms with Gasteiger partial charge < -0.3 is 48.5 Å². The van der Waals surface area contributed by atoms with Crippen LogP contribution < -0.4 is 24.6 Å². The van der Waals surface area contributed by atoms with E-state index in [1.54, 1.807) is 0 Å². The van der Waals surface area contributed by atoms with E-state index < -0.39 is 48.8 Å². The van der Waals surface area contributed by atoms with Crippen LogP contribution in [0.3, 0.4) is 0 Å². The number of hydrogen-bond acceptors (Lipinski definition) is 11. The Labute approximate surface area is 184 Å². The standard InChI is InChI=1S/C21H19FO11/c1-28-18-12(31-21-17(26)16(25)15(24)13(5-23)32-21)4-9(22)14-7-2-10-11(30-6-29-10)3-8(7)20(27)33-19(14)18/h2-4,13,15-17,21,23-26H,5-6H2,1H3/t13-,15-,16+,17-,21-/m1/s1. The van der Waals surface area contributed by atoms with E-state index in [1.807, 2.05) is 0 Å². The molecule has 0 radical (unpaired) electrons. The lowest BCUT2D eigenvalue weighted by molar-refractivity contribution is -0.277. The zero-order chi connectivity index (χ0) is 23.4. The lowest BCUT2D eigenvalue weighted by Crippen LogP contribution is -2.60. The zero-order valence-corrected chi connectivity index (χ0v) is 17.1. The van der Waals surface area contributed by atoms with Crippen molar-refractivity contribution >= 4 is 21.7 Å². The number of aliphatic hydroxyl groups is 4. The zero-order valence-electron chi connectivity index (χ0n) is 17.1. The fraction of sp³-hybridized carbons (Fsp3) is 0.381. The molecule has 1 saturated heterocycles. The molecular formula is C21H19FO11. The van der Waals surface area contributed by atoms with Gasteiger partial charge in [0.05, 0.1) is 24.5 Å². The number of benzene rings is 2. The minimum atomic E-state index is -1.74. The Balaban J connectivity index is 1.65. The van der Waals surface area contributed by atoms with E-state index in [0.717, 1.165) is 6.07 Å². The number of rotatable bonds is 4. The summed E-state index contributed by atoms with van der Waals surface area (Å²) in [6.45, 7) is -0.719. The van der Waals surface area contributed by atoms with Crippen molar-refractivity contribution in [2.24, 2.45) is 0 Å². The fourth-order valence-corrected chi connectivity index (χ4v) is 3.97. The lowest BCUT2D eigenvalue weighted by atomic mass is 9.99. The molecule has 1 aromatic heterocycles. The Kier molecular flexibility index (Phi) is 5.26. The third kappa shape index (κ3) is 3.34. The van der Waals surface area contributed by atoms with Gasteiger partial charge >= 0.3 is 5.63 Å². The summed E-state index contributed by atoms with van der Waals surface area (Å²) >= 11 is 0. The number of halogens is 1. The van der Waals surface area contributed by atoms with Crippen molar-refractivity contribution in [3.8, 4) is 23.0 Å². The molecule has 5 atom stereocenters. The first-order valence-corrected chi connectivity index (χ1v) is 9.88. The largest absolute Gasteiger partial charge is 0.490 e. The summed E-state index contributed by atoms with van der Waals surface area (Å²) in [4.78, 5) is 12.7. The molecule has 4 N–H and O–H groups in total. The maximum atomic E-state index is 15.3. The van der Waals surface area contributed by atoms with Crippen molar-refractivity contribution in [3.63, 3.8) is 0 Å². The average Bonchev–Trinajstić information content (AvgIpc) is 3.26. The summed E-state index contributed by atoms with van der Waals surface area (Å²) in [7, 11) is 1.23. The summed E-state index contributed by atoms with van der Waals surface area (Å²) in [5.74, 6) is -0.688. The van der Waals surface area contributed by atoms with Crippen molar-refractivity contribution < 1.29 is 52.9 Å². The predicted octanol–water partition coefficient (Wildman–Crippen LogP) is 0.00130. The van der Waals surface area contributed by atoms with Crippen LogP contribution in [-0.2, 0) is 4.74 Å². The molecule has 33 heavy (non-hydrogen) atoms. The van der Waals surface area contributed by atoms with E-state index in [-0.39, 0.29) is 40.0 Å². The number of fused-ring (bicyclic) bond motifs is 4. The molecule has 11 nitrogen and oxygen atoms in total. The van der Waals surface area contributed by atoms with Gasteiger partial charge in [0.2, 0.25) is 18.8 Å². The van der Waals surface area contributed by atoms with Crippen LogP contribution in [-0.4, -0.2) is 71.6 Å². The minimum absolute atomic E-state index is 0.0438. The summed E-state index contributed by atoms with van der Waals surface area (Å²) < 4.78 is 47.4. The molecule has 0 amide bonds. The van der Waals surface area contributed by atoms with Crippen molar-refractivity contribution in [1.29, 1.82) is 0 Å². The predicted molar refractivity (Wildman–Crippen MR) is 107 cm³/mol. The fourth-order valence-electron chi connectivity index (χ4n) is 3.97. The molecule has 0 aliphatic carbocycles. The van der Waals surface area contributed by atoms with Gasteiger partial charge in [0.25, 0.3) is 0 Å². The average molecular weight is 466 g/mol. The Bertz CT molecular complexity index is 1290. The highest BCUT2D eigenvalue weighted by atomic mass is 19.1. The van der Waals surface area contributed by atoms with E-state index in [2.05, 4.69) is 0 Å². The van der Waals surface area contributed by atoms with E-state index in [1.165, 1.54) is 19.2 Å². The van der Waals surface area contributed by atoms with Crippen molar-refractivity contribution in [2.45, 2.75) is 30.7 Å². The lowest BCUT2D eigenvalue weighted by Gasteiger charge is -2.39. The summed E-state index contributed by atoms with van der Waals surface area (Å²) in [5, 5.41) is 39.6. The van der Waals surface area contributed by atoms with Crippen LogP contribution in [0.4, 0.5) is 4.39 Å². The Morgan fingerprint density at radius 1 is 1.06 bits per heavy atom. The van der Waals surface area contributed by atoms with E-state index in [0.29, 0.717) is 11.5 Å². The van der Waals surface area contributed by atoms with Gasteiger partial charge in [-0.3, -0.25) is 0 Å². The second-order valence-corrected chi connectivity index (χ2v) is 7.55. The Hall–Kier alpha value is -3.16. The van der Waals surface area contributed by atoms with Crippen LogP contribution >= 0.6 is 0 Å². The molecule has 5 rings (SSSR count). The first-order valence-electron chi connectivity index (χ1n) is 9.88. The highest BCUT2D eigenvalue weighted by Crippen LogP contribution is 2.43. The van der Waals surface area contributed by atoms with Gasteiger partial charge in [0.1, 0.15) is 30.2 Å². The van der Waals surface area contributed by atoms with Gasteiger partial charge in [0, 0.05) is 11.5 Å². The van der Waals surface area contributed by atoms with Gasteiger partial charge in [-0.15, -0.1) is 0 Å². The van der Waals surface area contributed by atoms with E-state index in [9.17, 15) is 25.2 Å². The summed E-state index contributed by atoms with van der Waals surface area (Å²) in [6.07, 6.45) is -7.89. The highest BCUT2D eigenvalue weighted by Gasteiger charge is 2.45. The molecule has 2 aliphatic heterocycles. The van der Waals surface area contributed by atoms with Gasteiger partial charge in [-0.1, -0.05) is 0 Å². The normalized spacial score (nSPS) is 26.7. The molecule has 12 heteroatoms. The first-order chi connectivity index (χ1) is 15.8. The number of aliphatic hydroxyl groups excluding tert-OH is 4. The molecule has 176 valence electrons. The third-order valence-electron chi connectivity index (χ3n) is 5.65. The topological polar surface area (TPSA) is 157 Å². The van der Waals surface area contributed by atoms with Crippen molar-refractivity contribution in [1.82, 2.24) is 0 Å².